The molecule has 1 unspecified atom stereocenters. The smallest absolute Gasteiger partial charge is 0.0502 e. The fraction of sp³-hybridized carbons (Fsp3) is 0.667. The van der Waals surface area contributed by atoms with Gasteiger partial charge < -0.3 is 5.32 Å². The lowest BCUT2D eigenvalue weighted by Crippen LogP contribution is -2.53. The van der Waals surface area contributed by atoms with Crippen molar-refractivity contribution in [1.82, 2.24) is 10.2 Å². The number of aryl methyl sites for hydroxylation is 2. The summed E-state index contributed by atoms with van der Waals surface area (Å²) >= 11 is 0. The highest BCUT2D eigenvalue weighted by Gasteiger charge is 2.36. The fourth-order valence-electron chi connectivity index (χ4n) is 3.61. The first-order valence-electron chi connectivity index (χ1n) is 7.96. The Kier molecular flexibility index (Phi) is 4.87. The summed E-state index contributed by atoms with van der Waals surface area (Å²) in [6.07, 6.45) is 4.07. The molecule has 2 nitrogen and oxygen atoms in total. The van der Waals surface area contributed by atoms with Gasteiger partial charge in [-0.05, 0) is 71.8 Å². The van der Waals surface area contributed by atoms with Gasteiger partial charge in [-0.15, -0.1) is 0 Å². The van der Waals surface area contributed by atoms with Crippen molar-refractivity contribution >= 4 is 0 Å². The number of piperidine rings is 1. The maximum absolute atomic E-state index is 3.58. The van der Waals surface area contributed by atoms with E-state index in [4.69, 9.17) is 0 Å². The van der Waals surface area contributed by atoms with Gasteiger partial charge in [0.2, 0.25) is 0 Å². The SMILES string of the molecule is CNC(c1cc(C)ccc1C)C(C)(C)N1CCCCC1. The van der Waals surface area contributed by atoms with Crippen molar-refractivity contribution in [3.63, 3.8) is 0 Å². The van der Waals surface area contributed by atoms with E-state index in [1.165, 1.54) is 49.0 Å². The number of nitrogens with zero attached hydrogens (tertiary/aromatic N) is 1. The fourth-order valence-corrected chi connectivity index (χ4v) is 3.61. The molecule has 112 valence electrons. The molecule has 0 spiro atoms. The lowest BCUT2D eigenvalue weighted by molar-refractivity contribution is 0.0631. The van der Waals surface area contributed by atoms with E-state index >= 15 is 0 Å². The Labute approximate surface area is 124 Å². The van der Waals surface area contributed by atoms with Gasteiger partial charge in [-0.1, -0.05) is 30.2 Å². The molecule has 1 heterocycles. The third kappa shape index (κ3) is 3.07. The van der Waals surface area contributed by atoms with Gasteiger partial charge in [0.1, 0.15) is 0 Å². The molecule has 1 aliphatic heterocycles. The number of rotatable bonds is 4. The molecule has 0 bridgehead atoms. The van der Waals surface area contributed by atoms with Crippen molar-refractivity contribution in [3.8, 4) is 0 Å². The molecule has 0 radical (unpaired) electrons. The zero-order valence-electron chi connectivity index (χ0n) is 13.8. The summed E-state index contributed by atoms with van der Waals surface area (Å²) in [5, 5.41) is 3.58. The van der Waals surface area contributed by atoms with Gasteiger partial charge in [-0.3, -0.25) is 4.90 Å². The van der Waals surface area contributed by atoms with Gasteiger partial charge in [-0.2, -0.15) is 0 Å². The molecule has 20 heavy (non-hydrogen) atoms. The monoisotopic (exact) mass is 274 g/mol. The summed E-state index contributed by atoms with van der Waals surface area (Å²) in [5.41, 5.74) is 4.33. The Balaban J connectivity index is 2.32. The third-order valence-corrected chi connectivity index (χ3v) is 4.91. The normalized spacial score (nSPS) is 19.1. The maximum atomic E-state index is 3.58. The molecule has 1 aromatic rings. The van der Waals surface area contributed by atoms with E-state index in [0.717, 1.165) is 0 Å². The van der Waals surface area contributed by atoms with Crippen LogP contribution in [-0.2, 0) is 0 Å². The van der Waals surface area contributed by atoms with Crippen LogP contribution in [0.2, 0.25) is 0 Å². The first kappa shape index (κ1) is 15.5. The molecular weight excluding hydrogens is 244 g/mol. The number of benzene rings is 1. The van der Waals surface area contributed by atoms with Crippen LogP contribution >= 0.6 is 0 Å². The van der Waals surface area contributed by atoms with E-state index in [2.05, 4.69) is 63.2 Å². The second kappa shape index (κ2) is 6.28. The molecule has 1 aliphatic rings. The van der Waals surface area contributed by atoms with E-state index in [1.54, 1.807) is 0 Å². The molecule has 0 aliphatic carbocycles. The predicted octanol–water partition coefficient (Wildman–Crippen LogP) is 3.83. The topological polar surface area (TPSA) is 15.3 Å². The molecule has 0 saturated carbocycles. The van der Waals surface area contributed by atoms with Crippen LogP contribution in [0.3, 0.4) is 0 Å². The van der Waals surface area contributed by atoms with E-state index in [-0.39, 0.29) is 5.54 Å². The van der Waals surface area contributed by atoms with E-state index in [9.17, 15) is 0 Å². The predicted molar refractivity (Wildman–Crippen MR) is 87.2 cm³/mol. The summed E-state index contributed by atoms with van der Waals surface area (Å²) < 4.78 is 0. The van der Waals surface area contributed by atoms with Gasteiger partial charge in [-0.25, -0.2) is 0 Å². The molecule has 0 aromatic heterocycles. The summed E-state index contributed by atoms with van der Waals surface area (Å²) in [4.78, 5) is 2.67. The molecule has 0 amide bonds. The second-order valence-corrected chi connectivity index (χ2v) is 6.78. The average molecular weight is 274 g/mol. The Morgan fingerprint density at radius 3 is 2.35 bits per heavy atom. The van der Waals surface area contributed by atoms with Crippen LogP contribution in [0.4, 0.5) is 0 Å². The highest BCUT2D eigenvalue weighted by molar-refractivity contribution is 5.35. The lowest BCUT2D eigenvalue weighted by atomic mass is 9.83. The number of hydrogen-bond donors (Lipinski definition) is 1. The summed E-state index contributed by atoms with van der Waals surface area (Å²) in [6.45, 7) is 11.7. The minimum atomic E-state index is 0.147. The number of likely N-dealkylation sites (N-methyl/N-ethyl adjacent to an activating group) is 1. The number of hydrogen-bond acceptors (Lipinski definition) is 2. The van der Waals surface area contributed by atoms with Crippen LogP contribution in [0.25, 0.3) is 0 Å². The number of nitrogens with one attached hydrogen (secondary N) is 1. The van der Waals surface area contributed by atoms with Crippen molar-refractivity contribution in [2.45, 2.75) is 58.5 Å². The molecule has 1 saturated heterocycles. The van der Waals surface area contributed by atoms with Crippen LogP contribution in [0.15, 0.2) is 18.2 Å². The molecular formula is C18H30N2. The summed E-state index contributed by atoms with van der Waals surface area (Å²) in [6, 6.07) is 7.18. The van der Waals surface area contributed by atoms with Crippen molar-refractivity contribution in [2.75, 3.05) is 20.1 Å². The zero-order valence-corrected chi connectivity index (χ0v) is 13.8. The molecule has 1 atom stereocenters. The highest BCUT2D eigenvalue weighted by atomic mass is 15.2. The van der Waals surface area contributed by atoms with Crippen molar-refractivity contribution in [2.24, 2.45) is 0 Å². The van der Waals surface area contributed by atoms with Crippen LogP contribution < -0.4 is 5.32 Å². The standard InChI is InChI=1S/C18H30N2/c1-14-9-10-15(2)16(13-14)17(19-5)18(3,4)20-11-7-6-8-12-20/h9-10,13,17,19H,6-8,11-12H2,1-5H3. The average Bonchev–Trinajstić information content (AvgIpc) is 2.44. The molecule has 1 aromatic carbocycles. The van der Waals surface area contributed by atoms with Crippen LogP contribution in [0.1, 0.15) is 55.8 Å². The Morgan fingerprint density at radius 2 is 1.75 bits per heavy atom. The van der Waals surface area contributed by atoms with Gasteiger partial charge >= 0.3 is 0 Å². The minimum absolute atomic E-state index is 0.147. The van der Waals surface area contributed by atoms with E-state index < -0.39 is 0 Å². The highest BCUT2D eigenvalue weighted by Crippen LogP contribution is 2.34. The van der Waals surface area contributed by atoms with Crippen molar-refractivity contribution in [1.29, 1.82) is 0 Å². The van der Waals surface area contributed by atoms with E-state index in [0.29, 0.717) is 6.04 Å². The molecule has 1 fully saturated rings. The van der Waals surface area contributed by atoms with Gasteiger partial charge in [0.15, 0.2) is 0 Å². The van der Waals surface area contributed by atoms with Crippen LogP contribution in [0.5, 0.6) is 0 Å². The van der Waals surface area contributed by atoms with Crippen molar-refractivity contribution < 1.29 is 0 Å². The molecule has 2 rings (SSSR count). The third-order valence-electron chi connectivity index (χ3n) is 4.91. The summed E-state index contributed by atoms with van der Waals surface area (Å²) in [5.74, 6) is 0. The van der Waals surface area contributed by atoms with E-state index in [1.807, 2.05) is 0 Å². The van der Waals surface area contributed by atoms with Crippen LogP contribution in [0, 0.1) is 13.8 Å². The lowest BCUT2D eigenvalue weighted by Gasteiger charge is -2.46. The maximum Gasteiger partial charge on any atom is 0.0502 e. The molecule has 2 heteroatoms. The Morgan fingerprint density at radius 1 is 1.10 bits per heavy atom. The van der Waals surface area contributed by atoms with Gasteiger partial charge in [0.25, 0.3) is 0 Å². The Hall–Kier alpha value is -0.860. The van der Waals surface area contributed by atoms with Gasteiger partial charge in [0.05, 0.1) is 6.04 Å². The summed E-state index contributed by atoms with van der Waals surface area (Å²) in [7, 11) is 2.10. The first-order chi connectivity index (χ1) is 9.46. The molecule has 1 N–H and O–H groups in total. The number of likely N-dealkylation sites (tertiary alicyclic amines) is 1. The largest absolute Gasteiger partial charge is 0.311 e. The van der Waals surface area contributed by atoms with Crippen molar-refractivity contribution in [3.05, 3.63) is 34.9 Å². The van der Waals surface area contributed by atoms with Gasteiger partial charge in [0, 0.05) is 5.54 Å². The quantitative estimate of drug-likeness (QED) is 0.897. The second-order valence-electron chi connectivity index (χ2n) is 6.78. The Bertz CT molecular complexity index is 445. The minimum Gasteiger partial charge on any atom is -0.311 e. The first-order valence-corrected chi connectivity index (χ1v) is 7.96. The zero-order chi connectivity index (χ0) is 14.8. The van der Waals surface area contributed by atoms with Crippen LogP contribution in [-0.4, -0.2) is 30.6 Å².